The maximum atomic E-state index is 4.11. The Bertz CT molecular complexity index is 1170. The molecule has 2 aliphatic carbocycles. The van der Waals surface area contributed by atoms with Gasteiger partial charge in [-0.3, -0.25) is 0 Å². The van der Waals surface area contributed by atoms with Crippen molar-refractivity contribution in [3.05, 3.63) is 86.7 Å². The molecular formula is C29H32Cl2Zr. The van der Waals surface area contributed by atoms with E-state index in [4.69, 9.17) is 0 Å². The Labute approximate surface area is 214 Å². The molecule has 0 heterocycles. The maximum Gasteiger partial charge on any atom is -1.00 e. The molecule has 32 heavy (non-hydrogen) atoms. The first kappa shape index (κ1) is 27.0. The first-order valence-corrected chi connectivity index (χ1v) is 14.6. The van der Waals surface area contributed by atoms with Crippen molar-refractivity contribution in [3.8, 4) is 11.1 Å². The van der Waals surface area contributed by atoms with E-state index in [1.54, 1.807) is 15.3 Å². The normalized spacial score (nSPS) is 13.4. The van der Waals surface area contributed by atoms with Gasteiger partial charge in [0.1, 0.15) is 0 Å². The van der Waals surface area contributed by atoms with Crippen molar-refractivity contribution in [2.75, 3.05) is 0 Å². The Morgan fingerprint density at radius 1 is 0.938 bits per heavy atom. The molecule has 0 aromatic heterocycles. The average Bonchev–Trinajstić information content (AvgIpc) is 3.32. The molecule has 166 valence electrons. The van der Waals surface area contributed by atoms with Gasteiger partial charge < -0.3 is 24.8 Å². The van der Waals surface area contributed by atoms with Crippen molar-refractivity contribution in [3.63, 3.8) is 0 Å². The maximum absolute atomic E-state index is 4.11. The summed E-state index contributed by atoms with van der Waals surface area (Å²) in [5.74, 6) is 0. The molecule has 0 nitrogen and oxygen atoms in total. The van der Waals surface area contributed by atoms with Crippen LogP contribution in [0.1, 0.15) is 63.3 Å². The van der Waals surface area contributed by atoms with E-state index < -0.39 is 21.3 Å². The van der Waals surface area contributed by atoms with Gasteiger partial charge in [0.15, 0.2) is 0 Å². The number of fused-ring (bicyclic) bond motifs is 3. The zero-order valence-electron chi connectivity index (χ0n) is 19.8. The van der Waals surface area contributed by atoms with Gasteiger partial charge in [-0.05, 0) is 0 Å². The SMILES string of the molecule is C=Cc1ccc2c(c1)-c1cc(C=C)c[c]([Zr+2]([C]3=CC(C(C)(C)C)=CC3)=[C](C)C)c1C2.[Cl-].[Cl-]. The summed E-state index contributed by atoms with van der Waals surface area (Å²) in [5.41, 5.74) is 10.00. The zero-order chi connectivity index (χ0) is 21.6. The minimum atomic E-state index is -2.14. The second-order valence-electron chi connectivity index (χ2n) is 9.75. The van der Waals surface area contributed by atoms with E-state index in [1.165, 1.54) is 33.4 Å². The van der Waals surface area contributed by atoms with E-state index in [2.05, 4.69) is 90.3 Å². The molecule has 0 radical (unpaired) electrons. The molecule has 2 aromatic rings. The van der Waals surface area contributed by atoms with Gasteiger partial charge in [-0.2, -0.15) is 0 Å². The fraction of sp³-hybridized carbons (Fsp3) is 0.276. The fourth-order valence-electron chi connectivity index (χ4n) is 4.77. The van der Waals surface area contributed by atoms with E-state index in [0.717, 1.165) is 12.8 Å². The summed E-state index contributed by atoms with van der Waals surface area (Å²) >= 11 is -2.14. The number of hydrogen-bond acceptors (Lipinski definition) is 0. The number of benzene rings is 2. The topological polar surface area (TPSA) is 0 Å². The molecule has 0 spiro atoms. The molecule has 0 unspecified atom stereocenters. The molecule has 0 aliphatic heterocycles. The molecule has 2 aromatic carbocycles. The third-order valence-electron chi connectivity index (χ3n) is 6.36. The summed E-state index contributed by atoms with van der Waals surface area (Å²) < 4.78 is 5.02. The molecule has 0 saturated carbocycles. The third kappa shape index (κ3) is 4.96. The summed E-state index contributed by atoms with van der Waals surface area (Å²) in [5, 5.41) is 0. The van der Waals surface area contributed by atoms with Gasteiger partial charge in [0, 0.05) is 0 Å². The van der Waals surface area contributed by atoms with Crippen molar-refractivity contribution in [2.45, 2.75) is 47.5 Å². The summed E-state index contributed by atoms with van der Waals surface area (Å²) in [4.78, 5) is 0. The van der Waals surface area contributed by atoms with Gasteiger partial charge in [-0.15, -0.1) is 0 Å². The molecule has 2 aliphatic rings. The van der Waals surface area contributed by atoms with Gasteiger partial charge in [0.2, 0.25) is 0 Å². The van der Waals surface area contributed by atoms with Gasteiger partial charge in [-0.1, -0.05) is 0 Å². The van der Waals surface area contributed by atoms with Gasteiger partial charge in [0.25, 0.3) is 0 Å². The number of rotatable bonds is 4. The third-order valence-corrected chi connectivity index (χ3v) is 13.7. The van der Waals surface area contributed by atoms with Crippen LogP contribution in [-0.2, 0) is 27.7 Å². The molecule has 0 amide bonds. The Kier molecular flexibility index (Phi) is 8.72. The van der Waals surface area contributed by atoms with Crippen molar-refractivity contribution in [1.82, 2.24) is 0 Å². The molecule has 0 atom stereocenters. The van der Waals surface area contributed by atoms with E-state index >= 15 is 0 Å². The van der Waals surface area contributed by atoms with Crippen LogP contribution in [0, 0.1) is 5.41 Å². The van der Waals surface area contributed by atoms with E-state index in [-0.39, 0.29) is 30.2 Å². The van der Waals surface area contributed by atoms with E-state index in [1.807, 2.05) is 12.2 Å². The predicted molar refractivity (Wildman–Crippen MR) is 131 cm³/mol. The van der Waals surface area contributed by atoms with Crippen molar-refractivity contribution in [2.24, 2.45) is 5.41 Å². The molecule has 4 rings (SSSR count). The molecule has 0 N–H and O–H groups in total. The standard InChI is InChI=1S/C17H13.C9H13.C3H6.2ClH.Zr/c1-3-12-5-7-14-11-15-8-6-13(4-2)10-17(15)16(14)9-12;1-9(2,3)8-6-4-5-7-8;1-3-2;;;/h3-7,9-10H,1-2,11H2;6-7H,4H2,1-3H3;1-2H3;2*1H;/q;;;;;+2/p-2. The van der Waals surface area contributed by atoms with Crippen LogP contribution < -0.4 is 28.1 Å². The van der Waals surface area contributed by atoms with Crippen LogP contribution >= 0.6 is 0 Å². The summed E-state index contributed by atoms with van der Waals surface area (Å²) in [6, 6.07) is 11.6. The van der Waals surface area contributed by atoms with Crippen molar-refractivity contribution >= 4 is 18.6 Å². The van der Waals surface area contributed by atoms with Crippen LogP contribution in [0.25, 0.3) is 23.3 Å². The van der Waals surface area contributed by atoms with Crippen LogP contribution in [0.3, 0.4) is 0 Å². The first-order valence-electron chi connectivity index (χ1n) is 10.9. The average molecular weight is 543 g/mol. The predicted octanol–water partition coefficient (Wildman–Crippen LogP) is 1.27. The van der Waals surface area contributed by atoms with Crippen LogP contribution in [0.4, 0.5) is 0 Å². The number of halogens is 2. The minimum absolute atomic E-state index is 0. The number of allylic oxidation sites excluding steroid dienone is 4. The van der Waals surface area contributed by atoms with E-state index in [9.17, 15) is 0 Å². The van der Waals surface area contributed by atoms with Gasteiger partial charge in [0.05, 0.1) is 0 Å². The van der Waals surface area contributed by atoms with Crippen molar-refractivity contribution < 1.29 is 46.1 Å². The molecule has 0 fully saturated rings. The van der Waals surface area contributed by atoms with Gasteiger partial charge >= 0.3 is 191 Å². The summed E-state index contributed by atoms with van der Waals surface area (Å²) in [6.07, 6.45) is 11.2. The largest absolute Gasteiger partial charge is 1.00 e. The monoisotopic (exact) mass is 540 g/mol. The Morgan fingerprint density at radius 2 is 1.59 bits per heavy atom. The second-order valence-corrected chi connectivity index (χ2v) is 17.0. The molecule has 3 heteroatoms. The summed E-state index contributed by atoms with van der Waals surface area (Å²) in [7, 11) is 0. The zero-order valence-corrected chi connectivity index (χ0v) is 23.8. The Morgan fingerprint density at radius 3 is 2.16 bits per heavy atom. The fourth-order valence-corrected chi connectivity index (χ4v) is 12.1. The van der Waals surface area contributed by atoms with Gasteiger partial charge in [-0.25, -0.2) is 0 Å². The number of hydrogen-bond donors (Lipinski definition) is 0. The Balaban J connectivity index is 0.00000181. The first-order chi connectivity index (χ1) is 14.2. The minimum Gasteiger partial charge on any atom is -1.00 e. The summed E-state index contributed by atoms with van der Waals surface area (Å²) in [6.45, 7) is 19.8. The van der Waals surface area contributed by atoms with Crippen LogP contribution in [-0.4, -0.2) is 3.21 Å². The van der Waals surface area contributed by atoms with Crippen LogP contribution in [0.5, 0.6) is 0 Å². The second kappa shape index (κ2) is 10.3. The smallest absolute Gasteiger partial charge is 1.00 e. The van der Waals surface area contributed by atoms with Crippen LogP contribution in [0.15, 0.2) is 64.5 Å². The quantitative estimate of drug-likeness (QED) is 0.466. The molecule has 0 saturated heterocycles. The molecule has 0 bridgehead atoms. The van der Waals surface area contributed by atoms with Crippen LogP contribution in [0.2, 0.25) is 0 Å². The Hall–Kier alpha value is -1.27. The van der Waals surface area contributed by atoms with E-state index in [0.29, 0.717) is 0 Å². The van der Waals surface area contributed by atoms with Crippen molar-refractivity contribution in [1.29, 1.82) is 0 Å². The molecular weight excluding hydrogens is 510 g/mol.